The number of benzene rings is 1. The number of rotatable bonds is 4. The van der Waals surface area contributed by atoms with Crippen LogP contribution in [0.2, 0.25) is 0 Å². The molecule has 0 aliphatic carbocycles. The van der Waals surface area contributed by atoms with Gasteiger partial charge in [-0.1, -0.05) is 28.1 Å². The third kappa shape index (κ3) is 5.80. The molecule has 3 rings (SSSR count). The number of halogens is 2. The average molecular weight is 523 g/mol. The topological polar surface area (TPSA) is 40.1 Å². The smallest absolute Gasteiger partial charge is 0.193 e. The van der Waals surface area contributed by atoms with E-state index in [1.807, 2.05) is 7.05 Å². The molecular formula is C18H28BrIN4O. The van der Waals surface area contributed by atoms with E-state index in [0.717, 1.165) is 36.7 Å². The lowest BCUT2D eigenvalue weighted by molar-refractivity contribution is -0.0454. The van der Waals surface area contributed by atoms with Gasteiger partial charge in [-0.15, -0.1) is 24.0 Å². The summed E-state index contributed by atoms with van der Waals surface area (Å²) in [6.07, 6.45) is 2.85. The standard InChI is InChI=1S/C18H27BrN4O.HI/c1-20-18(22(2)11-14-5-7-15(19)8-6-14)21-10-17-12-23-9-3-4-16(23)13-24-17;/h5-8,16-17H,3-4,9-13H2,1-2H3,(H,20,21);1H. The minimum atomic E-state index is 0. The molecule has 0 saturated carbocycles. The van der Waals surface area contributed by atoms with Gasteiger partial charge < -0.3 is 15.0 Å². The molecule has 2 saturated heterocycles. The van der Waals surface area contributed by atoms with E-state index in [0.29, 0.717) is 6.04 Å². The van der Waals surface area contributed by atoms with Crippen molar-refractivity contribution in [3.8, 4) is 0 Å². The third-order valence-electron chi connectivity index (χ3n) is 4.86. The summed E-state index contributed by atoms with van der Waals surface area (Å²) in [6.45, 7) is 4.76. The highest BCUT2D eigenvalue weighted by Crippen LogP contribution is 2.22. The lowest BCUT2D eigenvalue weighted by atomic mass is 10.2. The summed E-state index contributed by atoms with van der Waals surface area (Å²) in [5.74, 6) is 0.907. The molecule has 7 heteroatoms. The number of ether oxygens (including phenoxy) is 1. The summed E-state index contributed by atoms with van der Waals surface area (Å²) in [4.78, 5) is 9.12. The zero-order chi connectivity index (χ0) is 16.9. The number of fused-ring (bicyclic) bond motifs is 1. The van der Waals surface area contributed by atoms with E-state index in [1.54, 1.807) is 0 Å². The van der Waals surface area contributed by atoms with Gasteiger partial charge in [0.25, 0.3) is 0 Å². The zero-order valence-electron chi connectivity index (χ0n) is 14.9. The van der Waals surface area contributed by atoms with Crippen molar-refractivity contribution in [1.82, 2.24) is 15.1 Å². The van der Waals surface area contributed by atoms with E-state index in [4.69, 9.17) is 4.74 Å². The molecule has 0 radical (unpaired) electrons. The lowest BCUT2D eigenvalue weighted by Crippen LogP contribution is -2.51. The van der Waals surface area contributed by atoms with Crippen molar-refractivity contribution in [2.45, 2.75) is 31.5 Å². The Kier molecular flexibility index (Phi) is 8.44. The fourth-order valence-corrected chi connectivity index (χ4v) is 3.80. The molecule has 1 aromatic carbocycles. The first-order valence-electron chi connectivity index (χ1n) is 8.67. The highest BCUT2D eigenvalue weighted by molar-refractivity contribution is 14.0. The largest absolute Gasteiger partial charge is 0.373 e. The predicted molar refractivity (Wildman–Crippen MR) is 117 cm³/mol. The Bertz CT molecular complexity index is 569. The summed E-state index contributed by atoms with van der Waals surface area (Å²) in [7, 11) is 3.90. The van der Waals surface area contributed by atoms with Gasteiger partial charge in [0.05, 0.1) is 12.7 Å². The second-order valence-electron chi connectivity index (χ2n) is 6.66. The van der Waals surface area contributed by atoms with Crippen molar-refractivity contribution in [2.24, 2.45) is 4.99 Å². The predicted octanol–water partition coefficient (Wildman–Crippen LogP) is 2.94. The Hall–Kier alpha value is -0.380. The van der Waals surface area contributed by atoms with Crippen LogP contribution in [0.3, 0.4) is 0 Å². The molecule has 0 aromatic heterocycles. The monoisotopic (exact) mass is 522 g/mol. The van der Waals surface area contributed by atoms with Gasteiger partial charge in [0.1, 0.15) is 0 Å². The SMILES string of the molecule is CN=C(NCC1CN2CCCC2CO1)N(C)Cc1ccc(Br)cc1.I. The number of aliphatic imine (C=N–C) groups is 1. The maximum absolute atomic E-state index is 6.02. The van der Waals surface area contributed by atoms with Crippen LogP contribution in [0.15, 0.2) is 33.7 Å². The minimum Gasteiger partial charge on any atom is -0.373 e. The van der Waals surface area contributed by atoms with E-state index < -0.39 is 0 Å². The zero-order valence-corrected chi connectivity index (χ0v) is 18.9. The Morgan fingerprint density at radius 3 is 2.88 bits per heavy atom. The van der Waals surface area contributed by atoms with Crippen LogP contribution < -0.4 is 5.32 Å². The number of morpholine rings is 1. The average Bonchev–Trinajstić information content (AvgIpc) is 3.05. The van der Waals surface area contributed by atoms with Crippen LogP contribution in [0, 0.1) is 0 Å². The van der Waals surface area contributed by atoms with Gasteiger partial charge in [-0.3, -0.25) is 9.89 Å². The van der Waals surface area contributed by atoms with Gasteiger partial charge in [-0.2, -0.15) is 0 Å². The van der Waals surface area contributed by atoms with Crippen molar-refractivity contribution >= 4 is 45.9 Å². The van der Waals surface area contributed by atoms with Crippen molar-refractivity contribution in [1.29, 1.82) is 0 Å². The van der Waals surface area contributed by atoms with Gasteiger partial charge in [0.15, 0.2) is 5.96 Å². The second-order valence-corrected chi connectivity index (χ2v) is 7.57. The molecule has 2 atom stereocenters. The van der Waals surface area contributed by atoms with Crippen molar-refractivity contribution in [2.75, 3.05) is 40.3 Å². The molecule has 140 valence electrons. The van der Waals surface area contributed by atoms with E-state index in [1.165, 1.54) is 24.9 Å². The normalized spacial score (nSPS) is 23.7. The quantitative estimate of drug-likeness (QED) is 0.375. The van der Waals surface area contributed by atoms with Crippen molar-refractivity contribution in [3.63, 3.8) is 0 Å². The first-order valence-corrected chi connectivity index (χ1v) is 9.47. The van der Waals surface area contributed by atoms with Crippen LogP contribution in [0.1, 0.15) is 18.4 Å². The van der Waals surface area contributed by atoms with E-state index >= 15 is 0 Å². The second kappa shape index (κ2) is 10.1. The summed E-state index contributed by atoms with van der Waals surface area (Å²) in [5.41, 5.74) is 1.26. The maximum Gasteiger partial charge on any atom is 0.193 e. The summed E-state index contributed by atoms with van der Waals surface area (Å²) < 4.78 is 7.12. The van der Waals surface area contributed by atoms with Crippen LogP contribution >= 0.6 is 39.9 Å². The maximum atomic E-state index is 6.02. The molecule has 2 aliphatic heterocycles. The van der Waals surface area contributed by atoms with E-state index in [9.17, 15) is 0 Å². The van der Waals surface area contributed by atoms with E-state index in [-0.39, 0.29) is 30.1 Å². The van der Waals surface area contributed by atoms with Crippen molar-refractivity contribution < 1.29 is 4.74 Å². The van der Waals surface area contributed by atoms with Crippen LogP contribution in [-0.2, 0) is 11.3 Å². The first-order chi connectivity index (χ1) is 11.7. The van der Waals surface area contributed by atoms with Gasteiger partial charge in [-0.05, 0) is 37.1 Å². The highest BCUT2D eigenvalue weighted by atomic mass is 127. The van der Waals surface area contributed by atoms with Gasteiger partial charge >= 0.3 is 0 Å². The summed E-state index contributed by atoms with van der Waals surface area (Å²) in [6, 6.07) is 9.06. The van der Waals surface area contributed by atoms with Crippen LogP contribution in [0.5, 0.6) is 0 Å². The molecule has 1 aromatic rings. The fourth-order valence-electron chi connectivity index (χ4n) is 3.54. The first kappa shape index (κ1) is 20.9. The minimum absolute atomic E-state index is 0. The third-order valence-corrected chi connectivity index (χ3v) is 5.38. The number of hydrogen-bond donors (Lipinski definition) is 1. The molecule has 25 heavy (non-hydrogen) atoms. The number of guanidine groups is 1. The number of hydrogen-bond acceptors (Lipinski definition) is 3. The number of nitrogens with one attached hydrogen (secondary N) is 1. The molecule has 2 heterocycles. The molecule has 0 spiro atoms. The summed E-state index contributed by atoms with van der Waals surface area (Å²) in [5, 5.41) is 3.47. The van der Waals surface area contributed by atoms with Gasteiger partial charge in [0.2, 0.25) is 0 Å². The Labute approximate surface area is 176 Å². The molecular weight excluding hydrogens is 495 g/mol. The fraction of sp³-hybridized carbons (Fsp3) is 0.611. The molecule has 2 aliphatic rings. The van der Waals surface area contributed by atoms with Crippen molar-refractivity contribution in [3.05, 3.63) is 34.3 Å². The molecule has 2 unspecified atom stereocenters. The molecule has 0 amide bonds. The van der Waals surface area contributed by atoms with E-state index in [2.05, 4.69) is 67.4 Å². The van der Waals surface area contributed by atoms with Crippen LogP contribution in [-0.4, -0.2) is 68.2 Å². The molecule has 0 bridgehead atoms. The van der Waals surface area contributed by atoms with Crippen LogP contribution in [0.4, 0.5) is 0 Å². The number of nitrogens with zero attached hydrogens (tertiary/aromatic N) is 3. The Morgan fingerprint density at radius 1 is 1.40 bits per heavy atom. The van der Waals surface area contributed by atoms with Gasteiger partial charge in [-0.25, -0.2) is 0 Å². The molecule has 1 N–H and O–H groups in total. The Balaban J connectivity index is 0.00000225. The molecule has 2 fully saturated rings. The lowest BCUT2D eigenvalue weighted by Gasteiger charge is -2.35. The molecule has 5 nitrogen and oxygen atoms in total. The van der Waals surface area contributed by atoms with Gasteiger partial charge in [0, 0.05) is 44.2 Å². The van der Waals surface area contributed by atoms with Crippen LogP contribution in [0.25, 0.3) is 0 Å². The summed E-state index contributed by atoms with van der Waals surface area (Å²) >= 11 is 3.47. The Morgan fingerprint density at radius 2 is 2.16 bits per heavy atom. The highest BCUT2D eigenvalue weighted by Gasteiger charge is 2.32.